The summed E-state index contributed by atoms with van der Waals surface area (Å²) in [5.41, 5.74) is 11.5. The van der Waals surface area contributed by atoms with Gasteiger partial charge in [-0.15, -0.1) is 0 Å². The summed E-state index contributed by atoms with van der Waals surface area (Å²) in [5, 5.41) is 9.24. The van der Waals surface area contributed by atoms with Gasteiger partial charge in [0.15, 0.2) is 0 Å². The average molecular weight is 200 g/mol. The van der Waals surface area contributed by atoms with Crippen LogP contribution in [0.4, 0.5) is 0 Å². The van der Waals surface area contributed by atoms with Gasteiger partial charge in [-0.25, -0.2) is 0 Å². The summed E-state index contributed by atoms with van der Waals surface area (Å²) < 4.78 is 5.30. The van der Waals surface area contributed by atoms with Gasteiger partial charge in [0.25, 0.3) is 0 Å². The highest BCUT2D eigenvalue weighted by Gasteiger charge is 2.01. The number of aliphatic hydroxyl groups excluding tert-OH is 1. The average Bonchev–Trinajstić information content (AvgIpc) is 2.11. The van der Waals surface area contributed by atoms with Crippen molar-refractivity contribution in [3.63, 3.8) is 0 Å². The molecule has 82 valence electrons. The van der Waals surface area contributed by atoms with Gasteiger partial charge in [-0.3, -0.25) is 0 Å². The van der Waals surface area contributed by atoms with E-state index in [0.29, 0.717) is 5.76 Å². The predicted octanol–water partition coefficient (Wildman–Crippen LogP) is 0.477. The van der Waals surface area contributed by atoms with E-state index in [-0.39, 0.29) is 6.61 Å². The summed E-state index contributed by atoms with van der Waals surface area (Å²) in [7, 11) is 0. The third kappa shape index (κ3) is 5.75. The van der Waals surface area contributed by atoms with Gasteiger partial charge in [-0.05, 0) is 38.5 Å². The first-order valence-electron chi connectivity index (χ1n) is 4.64. The Morgan fingerprint density at radius 3 is 2.43 bits per heavy atom. The van der Waals surface area contributed by atoms with Crippen LogP contribution < -0.4 is 11.5 Å². The molecule has 0 rings (SSSR count). The largest absolute Gasteiger partial charge is 0.491 e. The molecule has 0 aromatic heterocycles. The maximum Gasteiger partial charge on any atom is 0.116 e. The fraction of sp³-hybridized carbons (Fsp3) is 0.600. The minimum Gasteiger partial charge on any atom is -0.491 e. The van der Waals surface area contributed by atoms with Crippen LogP contribution in [0, 0.1) is 0 Å². The highest BCUT2D eigenvalue weighted by atomic mass is 16.5. The molecule has 0 saturated carbocycles. The molecule has 4 heteroatoms. The van der Waals surface area contributed by atoms with Crippen molar-refractivity contribution in [2.24, 2.45) is 11.5 Å². The van der Waals surface area contributed by atoms with Crippen LogP contribution in [-0.4, -0.2) is 24.0 Å². The van der Waals surface area contributed by atoms with Crippen LogP contribution in [-0.2, 0) is 4.74 Å². The lowest BCUT2D eigenvalue weighted by atomic mass is 10.1. The van der Waals surface area contributed by atoms with Crippen LogP contribution in [0.15, 0.2) is 23.5 Å². The summed E-state index contributed by atoms with van der Waals surface area (Å²) in [6.45, 7) is 5.65. The van der Waals surface area contributed by atoms with Crippen molar-refractivity contribution in [3.8, 4) is 0 Å². The van der Waals surface area contributed by atoms with Gasteiger partial charge in [-0.1, -0.05) is 0 Å². The lowest BCUT2D eigenvalue weighted by Gasteiger charge is -2.11. The Morgan fingerprint density at radius 1 is 1.50 bits per heavy atom. The molecule has 0 saturated heterocycles. The number of rotatable bonds is 5. The minimum atomic E-state index is -0.481. The van der Waals surface area contributed by atoms with Crippen molar-refractivity contribution in [2.45, 2.75) is 33.0 Å². The minimum absolute atomic E-state index is 0.267. The second-order valence-electron chi connectivity index (χ2n) is 3.23. The highest BCUT2D eigenvalue weighted by molar-refractivity contribution is 5.18. The summed E-state index contributed by atoms with van der Waals surface area (Å²) in [6, 6.07) is 0. The quantitative estimate of drug-likeness (QED) is 0.342. The van der Waals surface area contributed by atoms with Gasteiger partial charge in [0, 0.05) is 0 Å². The van der Waals surface area contributed by atoms with E-state index in [9.17, 15) is 5.11 Å². The van der Waals surface area contributed by atoms with Gasteiger partial charge >= 0.3 is 0 Å². The monoisotopic (exact) mass is 200 g/mol. The summed E-state index contributed by atoms with van der Waals surface area (Å²) in [4.78, 5) is 0. The fourth-order valence-electron chi connectivity index (χ4n) is 0.746. The maximum atomic E-state index is 9.24. The first-order valence-corrected chi connectivity index (χ1v) is 4.64. The third-order valence-electron chi connectivity index (χ3n) is 1.76. The molecule has 14 heavy (non-hydrogen) atoms. The van der Waals surface area contributed by atoms with E-state index in [1.165, 1.54) is 0 Å². The van der Waals surface area contributed by atoms with E-state index in [4.69, 9.17) is 16.2 Å². The first-order chi connectivity index (χ1) is 6.47. The Morgan fingerprint density at radius 2 is 2.07 bits per heavy atom. The second-order valence-corrected chi connectivity index (χ2v) is 3.23. The molecule has 1 atom stereocenters. The number of hydrogen-bond acceptors (Lipinski definition) is 4. The SMILES string of the molecule is C/C=C(\C=C(/C)C(C)O)OCC(N)N. The summed E-state index contributed by atoms with van der Waals surface area (Å²) in [6.07, 6.45) is 2.62. The Bertz CT molecular complexity index is 220. The molecule has 0 heterocycles. The van der Waals surface area contributed by atoms with Crippen LogP contribution in [0.3, 0.4) is 0 Å². The second kappa shape index (κ2) is 6.59. The van der Waals surface area contributed by atoms with Crippen molar-refractivity contribution in [2.75, 3.05) is 6.61 Å². The van der Waals surface area contributed by atoms with Gasteiger partial charge in [0.05, 0.1) is 12.3 Å². The molecule has 0 bridgehead atoms. The molecule has 0 aromatic rings. The topological polar surface area (TPSA) is 81.5 Å². The number of ether oxygens (including phenoxy) is 1. The molecule has 0 aliphatic rings. The molecule has 0 aromatic carbocycles. The lowest BCUT2D eigenvalue weighted by Crippen LogP contribution is -2.35. The Balaban J connectivity index is 4.24. The first kappa shape index (κ1) is 13.2. The molecule has 0 aliphatic heterocycles. The zero-order valence-electron chi connectivity index (χ0n) is 9.03. The molecular weight excluding hydrogens is 180 g/mol. The standard InChI is InChI=1S/C10H20N2O2/c1-4-9(14-6-10(11)12)5-7(2)8(3)13/h4-5,8,10,13H,6,11-12H2,1-3H3/b7-5+,9-4+. The van der Waals surface area contributed by atoms with Gasteiger partial charge in [-0.2, -0.15) is 0 Å². The lowest BCUT2D eigenvalue weighted by molar-refractivity contribution is 0.201. The molecule has 0 fully saturated rings. The van der Waals surface area contributed by atoms with Crippen molar-refractivity contribution in [1.29, 1.82) is 0 Å². The molecular formula is C10H20N2O2. The molecule has 0 radical (unpaired) electrons. The van der Waals surface area contributed by atoms with Crippen molar-refractivity contribution >= 4 is 0 Å². The molecule has 5 N–H and O–H groups in total. The van der Waals surface area contributed by atoms with Gasteiger partial charge in [0.2, 0.25) is 0 Å². The van der Waals surface area contributed by atoms with Gasteiger partial charge < -0.3 is 21.3 Å². The molecule has 0 amide bonds. The van der Waals surface area contributed by atoms with E-state index >= 15 is 0 Å². The number of allylic oxidation sites excluding steroid dienone is 2. The smallest absolute Gasteiger partial charge is 0.116 e. The van der Waals surface area contributed by atoms with Crippen LogP contribution >= 0.6 is 0 Å². The third-order valence-corrected chi connectivity index (χ3v) is 1.76. The van der Waals surface area contributed by atoms with Crippen LogP contribution in [0.2, 0.25) is 0 Å². The highest BCUT2D eigenvalue weighted by Crippen LogP contribution is 2.07. The van der Waals surface area contributed by atoms with E-state index in [2.05, 4.69) is 0 Å². The molecule has 4 nitrogen and oxygen atoms in total. The fourth-order valence-corrected chi connectivity index (χ4v) is 0.746. The maximum absolute atomic E-state index is 9.24. The number of nitrogens with two attached hydrogens (primary N) is 2. The zero-order chi connectivity index (χ0) is 11.1. The Kier molecular flexibility index (Phi) is 6.19. The summed E-state index contributed by atoms with van der Waals surface area (Å²) in [5.74, 6) is 0.671. The molecule has 0 aliphatic carbocycles. The van der Waals surface area contributed by atoms with E-state index < -0.39 is 12.3 Å². The van der Waals surface area contributed by atoms with Crippen molar-refractivity contribution in [1.82, 2.24) is 0 Å². The van der Waals surface area contributed by atoms with Crippen molar-refractivity contribution in [3.05, 3.63) is 23.5 Å². The normalized spacial score (nSPS) is 15.9. The van der Waals surface area contributed by atoms with E-state index in [1.807, 2.05) is 13.8 Å². The van der Waals surface area contributed by atoms with E-state index in [0.717, 1.165) is 5.57 Å². The van der Waals surface area contributed by atoms with E-state index in [1.54, 1.807) is 19.1 Å². The van der Waals surface area contributed by atoms with Crippen molar-refractivity contribution < 1.29 is 9.84 Å². The zero-order valence-corrected chi connectivity index (χ0v) is 9.03. The molecule has 0 spiro atoms. The van der Waals surface area contributed by atoms with Gasteiger partial charge in [0.1, 0.15) is 12.4 Å². The number of hydrogen-bond donors (Lipinski definition) is 3. The molecule has 1 unspecified atom stereocenters. The Labute approximate surface area is 85.2 Å². The predicted molar refractivity (Wildman–Crippen MR) is 57.3 cm³/mol. The summed E-state index contributed by atoms with van der Waals surface area (Å²) >= 11 is 0. The van der Waals surface area contributed by atoms with Crippen LogP contribution in [0.1, 0.15) is 20.8 Å². The van der Waals surface area contributed by atoms with Crippen LogP contribution in [0.5, 0.6) is 0 Å². The van der Waals surface area contributed by atoms with Crippen LogP contribution in [0.25, 0.3) is 0 Å². The Hall–Kier alpha value is -0.840. The number of aliphatic hydroxyl groups is 1.